The van der Waals surface area contributed by atoms with E-state index in [2.05, 4.69) is 48.6 Å². The zero-order valence-corrected chi connectivity index (χ0v) is 14.9. The fraction of sp³-hybridized carbons (Fsp3) is 0.476. The molecule has 0 aromatic heterocycles. The van der Waals surface area contributed by atoms with Crippen LogP contribution in [0.4, 0.5) is 0 Å². The second-order valence-electron chi connectivity index (χ2n) is 6.30. The first-order valence-corrected chi connectivity index (χ1v) is 9.09. The van der Waals surface area contributed by atoms with Crippen LogP contribution in [0.2, 0.25) is 0 Å². The normalized spacial score (nSPS) is 10.8. The maximum Gasteiger partial charge on any atom is 0.216 e. The fourth-order valence-electron chi connectivity index (χ4n) is 2.89. The lowest BCUT2D eigenvalue weighted by molar-refractivity contribution is -0.118. The third-order valence-corrected chi connectivity index (χ3v) is 4.21. The van der Waals surface area contributed by atoms with Crippen LogP contribution in [0.3, 0.4) is 0 Å². The number of nitrogens with one attached hydrogen (secondary N) is 1. The fourth-order valence-corrected chi connectivity index (χ4v) is 2.89. The SMILES string of the molecule is CCCCCCOc1ccc2cccc(CCCNC(C)=O)c2c1. The number of ether oxygens (including phenoxy) is 1. The van der Waals surface area contributed by atoms with Gasteiger partial charge in [0, 0.05) is 13.5 Å². The van der Waals surface area contributed by atoms with E-state index in [0.717, 1.165) is 38.2 Å². The maximum atomic E-state index is 11.0. The first kappa shape index (κ1) is 18.3. The monoisotopic (exact) mass is 327 g/mol. The number of amides is 1. The quantitative estimate of drug-likeness (QED) is 0.632. The number of aryl methyl sites for hydroxylation is 1. The van der Waals surface area contributed by atoms with Crippen LogP contribution < -0.4 is 10.1 Å². The van der Waals surface area contributed by atoms with E-state index in [1.807, 2.05) is 0 Å². The van der Waals surface area contributed by atoms with E-state index in [4.69, 9.17) is 4.74 Å². The Hall–Kier alpha value is -2.03. The van der Waals surface area contributed by atoms with Gasteiger partial charge in [0.15, 0.2) is 0 Å². The van der Waals surface area contributed by atoms with E-state index >= 15 is 0 Å². The number of fused-ring (bicyclic) bond motifs is 1. The lowest BCUT2D eigenvalue weighted by Gasteiger charge is -2.10. The summed E-state index contributed by atoms with van der Waals surface area (Å²) in [5, 5.41) is 5.35. The van der Waals surface area contributed by atoms with Crippen LogP contribution in [0.5, 0.6) is 5.75 Å². The molecule has 3 heteroatoms. The molecule has 0 aliphatic carbocycles. The van der Waals surface area contributed by atoms with Gasteiger partial charge in [0.05, 0.1) is 6.61 Å². The molecule has 24 heavy (non-hydrogen) atoms. The standard InChI is InChI=1S/C21H29NO2/c1-3-4-5-6-15-24-20-13-12-19-10-7-9-18(21(19)16-20)11-8-14-22-17(2)23/h7,9-10,12-13,16H,3-6,8,11,14-15H2,1-2H3,(H,22,23). The predicted octanol–water partition coefficient (Wildman–Crippen LogP) is 4.87. The molecule has 0 heterocycles. The summed E-state index contributed by atoms with van der Waals surface area (Å²) in [5.74, 6) is 0.986. The highest BCUT2D eigenvalue weighted by Crippen LogP contribution is 2.25. The third kappa shape index (κ3) is 5.88. The van der Waals surface area contributed by atoms with Crippen LogP contribution >= 0.6 is 0 Å². The van der Waals surface area contributed by atoms with Crippen LogP contribution in [-0.2, 0) is 11.2 Å². The summed E-state index contributed by atoms with van der Waals surface area (Å²) in [7, 11) is 0. The molecule has 0 aliphatic heterocycles. The predicted molar refractivity (Wildman–Crippen MR) is 101 cm³/mol. The number of unbranched alkanes of at least 4 members (excludes halogenated alkanes) is 3. The van der Waals surface area contributed by atoms with Gasteiger partial charge >= 0.3 is 0 Å². The van der Waals surface area contributed by atoms with E-state index in [1.165, 1.54) is 35.6 Å². The molecule has 0 spiro atoms. The number of rotatable bonds is 10. The van der Waals surface area contributed by atoms with Crippen LogP contribution in [0, 0.1) is 0 Å². The smallest absolute Gasteiger partial charge is 0.216 e. The molecule has 0 bridgehead atoms. The molecule has 2 aromatic rings. The molecule has 0 saturated carbocycles. The maximum absolute atomic E-state index is 11.0. The number of hydrogen-bond acceptors (Lipinski definition) is 2. The number of benzene rings is 2. The number of hydrogen-bond donors (Lipinski definition) is 1. The van der Waals surface area contributed by atoms with E-state index in [0.29, 0.717) is 0 Å². The first-order chi connectivity index (χ1) is 11.7. The molecule has 0 atom stereocenters. The van der Waals surface area contributed by atoms with E-state index < -0.39 is 0 Å². The van der Waals surface area contributed by atoms with Gasteiger partial charge in [-0.2, -0.15) is 0 Å². The molecule has 0 saturated heterocycles. The van der Waals surface area contributed by atoms with Gasteiger partial charge in [0.25, 0.3) is 0 Å². The van der Waals surface area contributed by atoms with Gasteiger partial charge in [-0.15, -0.1) is 0 Å². The first-order valence-electron chi connectivity index (χ1n) is 9.09. The zero-order chi connectivity index (χ0) is 17.2. The van der Waals surface area contributed by atoms with Crippen molar-refractivity contribution in [2.45, 2.75) is 52.4 Å². The van der Waals surface area contributed by atoms with Crippen LogP contribution in [0.1, 0.15) is 51.5 Å². The Kier molecular flexibility index (Phi) is 7.60. The zero-order valence-electron chi connectivity index (χ0n) is 14.9. The van der Waals surface area contributed by atoms with Gasteiger partial charge in [0.1, 0.15) is 5.75 Å². The summed E-state index contributed by atoms with van der Waals surface area (Å²) in [6, 6.07) is 12.8. The second-order valence-corrected chi connectivity index (χ2v) is 6.30. The lowest BCUT2D eigenvalue weighted by atomic mass is 10.0. The Morgan fingerprint density at radius 3 is 2.75 bits per heavy atom. The average Bonchev–Trinajstić information content (AvgIpc) is 2.58. The Morgan fingerprint density at radius 1 is 1.08 bits per heavy atom. The highest BCUT2D eigenvalue weighted by atomic mass is 16.5. The molecule has 3 nitrogen and oxygen atoms in total. The van der Waals surface area contributed by atoms with Gasteiger partial charge in [-0.3, -0.25) is 4.79 Å². The topological polar surface area (TPSA) is 38.3 Å². The van der Waals surface area contributed by atoms with Crippen molar-refractivity contribution in [3.05, 3.63) is 42.0 Å². The minimum atomic E-state index is 0.0340. The van der Waals surface area contributed by atoms with Crippen LogP contribution in [-0.4, -0.2) is 19.1 Å². The van der Waals surface area contributed by atoms with Crippen molar-refractivity contribution in [1.82, 2.24) is 5.32 Å². The Bertz CT molecular complexity index is 651. The summed E-state index contributed by atoms with van der Waals surface area (Å²) in [5.41, 5.74) is 1.31. The molecule has 2 rings (SSSR count). The van der Waals surface area contributed by atoms with Gasteiger partial charge < -0.3 is 10.1 Å². The van der Waals surface area contributed by atoms with Crippen molar-refractivity contribution in [3.8, 4) is 5.75 Å². The van der Waals surface area contributed by atoms with Crippen LogP contribution in [0.15, 0.2) is 36.4 Å². The van der Waals surface area contributed by atoms with Gasteiger partial charge in [-0.1, -0.05) is 50.5 Å². The molecule has 0 aliphatic rings. The van der Waals surface area contributed by atoms with Gasteiger partial charge in [-0.25, -0.2) is 0 Å². The molecular weight excluding hydrogens is 298 g/mol. The van der Waals surface area contributed by atoms with Crippen molar-refractivity contribution in [3.63, 3.8) is 0 Å². The second kappa shape index (κ2) is 9.96. The van der Waals surface area contributed by atoms with E-state index in [-0.39, 0.29) is 5.91 Å². The minimum absolute atomic E-state index is 0.0340. The molecule has 0 unspecified atom stereocenters. The molecule has 0 radical (unpaired) electrons. The Balaban J connectivity index is 1.97. The summed E-state index contributed by atoms with van der Waals surface area (Å²) in [4.78, 5) is 11.0. The van der Waals surface area contributed by atoms with Gasteiger partial charge in [-0.05, 0) is 47.7 Å². The summed E-state index contributed by atoms with van der Waals surface area (Å²) < 4.78 is 5.92. The van der Waals surface area contributed by atoms with Crippen molar-refractivity contribution < 1.29 is 9.53 Å². The Labute approximate surface area is 145 Å². The number of carbonyl (C=O) groups is 1. The lowest BCUT2D eigenvalue weighted by Crippen LogP contribution is -2.21. The molecule has 130 valence electrons. The molecule has 0 fully saturated rings. The largest absolute Gasteiger partial charge is 0.494 e. The highest BCUT2D eigenvalue weighted by Gasteiger charge is 2.04. The van der Waals surface area contributed by atoms with Crippen LogP contribution in [0.25, 0.3) is 10.8 Å². The summed E-state index contributed by atoms with van der Waals surface area (Å²) in [6.07, 6.45) is 6.78. The summed E-state index contributed by atoms with van der Waals surface area (Å²) in [6.45, 7) is 5.29. The van der Waals surface area contributed by atoms with Gasteiger partial charge in [0.2, 0.25) is 5.91 Å². The van der Waals surface area contributed by atoms with Crippen molar-refractivity contribution in [2.24, 2.45) is 0 Å². The van der Waals surface area contributed by atoms with Crippen molar-refractivity contribution in [2.75, 3.05) is 13.2 Å². The molecular formula is C21H29NO2. The Morgan fingerprint density at radius 2 is 1.96 bits per heavy atom. The minimum Gasteiger partial charge on any atom is -0.494 e. The van der Waals surface area contributed by atoms with Crippen molar-refractivity contribution >= 4 is 16.7 Å². The molecule has 2 aromatic carbocycles. The molecule has 1 N–H and O–H groups in total. The number of carbonyl (C=O) groups excluding carboxylic acids is 1. The summed E-state index contributed by atoms with van der Waals surface area (Å²) >= 11 is 0. The third-order valence-electron chi connectivity index (χ3n) is 4.21. The van der Waals surface area contributed by atoms with E-state index in [1.54, 1.807) is 6.92 Å². The highest BCUT2D eigenvalue weighted by molar-refractivity contribution is 5.87. The molecule has 1 amide bonds. The average molecular weight is 327 g/mol. The van der Waals surface area contributed by atoms with Crippen molar-refractivity contribution in [1.29, 1.82) is 0 Å². The van der Waals surface area contributed by atoms with E-state index in [9.17, 15) is 4.79 Å².